The number of aliphatic hydroxyl groups excluding tert-OH is 2. The molecular formula is C30H28F2N4O5. The average molecular weight is 563 g/mol. The standard InChI is InChI=1S/C30H28F2N4O5/c31-23-11-10-22(25(32)16-23)18-35-29(39)26-27(33-12-14-38)24-15-21(9-5-2-6-13-37)17-34-28(24)36(30(26)40)41-19-20-7-3-1-4-8-20/h1,3-4,7-8,10-11,15-17,33,37-38H,2,6,12-14,18-19H2,(H,35,39). The summed E-state index contributed by atoms with van der Waals surface area (Å²) in [5.74, 6) is 3.43. The van der Waals surface area contributed by atoms with Crippen LogP contribution in [0.4, 0.5) is 14.5 Å². The Balaban J connectivity index is 1.82. The molecule has 4 aromatic rings. The Morgan fingerprint density at radius 1 is 1.07 bits per heavy atom. The summed E-state index contributed by atoms with van der Waals surface area (Å²) in [5, 5.41) is 24.3. The lowest BCUT2D eigenvalue weighted by Gasteiger charge is -2.18. The molecule has 0 fully saturated rings. The number of aliphatic hydroxyl groups is 2. The first kappa shape index (κ1) is 29.2. The maximum absolute atomic E-state index is 14.2. The summed E-state index contributed by atoms with van der Waals surface area (Å²) >= 11 is 0. The van der Waals surface area contributed by atoms with Gasteiger partial charge in [-0.25, -0.2) is 13.8 Å². The van der Waals surface area contributed by atoms with Gasteiger partial charge in [0, 0.05) is 54.9 Å². The Hall–Kier alpha value is -4.79. The lowest BCUT2D eigenvalue weighted by atomic mass is 10.1. The molecule has 0 saturated heterocycles. The zero-order chi connectivity index (χ0) is 29.2. The number of rotatable bonds is 11. The number of halogens is 2. The number of amides is 1. The monoisotopic (exact) mass is 562 g/mol. The van der Waals surface area contributed by atoms with Crippen LogP contribution < -0.4 is 21.0 Å². The molecule has 0 unspecified atom stereocenters. The van der Waals surface area contributed by atoms with Gasteiger partial charge in [-0.1, -0.05) is 48.2 Å². The number of nitrogens with one attached hydrogen (secondary N) is 2. The number of hydrogen-bond acceptors (Lipinski definition) is 7. The van der Waals surface area contributed by atoms with Crippen LogP contribution in [0.3, 0.4) is 0 Å². The summed E-state index contributed by atoms with van der Waals surface area (Å²) in [6, 6.07) is 13.7. The summed E-state index contributed by atoms with van der Waals surface area (Å²) < 4.78 is 28.5. The fourth-order valence-corrected chi connectivity index (χ4v) is 3.98. The molecule has 212 valence electrons. The third-order valence-electron chi connectivity index (χ3n) is 5.97. The van der Waals surface area contributed by atoms with Crippen LogP contribution in [-0.4, -0.2) is 45.6 Å². The quantitative estimate of drug-likeness (QED) is 0.164. The lowest BCUT2D eigenvalue weighted by Crippen LogP contribution is -2.37. The van der Waals surface area contributed by atoms with Gasteiger partial charge < -0.3 is 25.7 Å². The highest BCUT2D eigenvalue weighted by atomic mass is 19.1. The van der Waals surface area contributed by atoms with Crippen molar-refractivity contribution in [3.63, 3.8) is 0 Å². The number of pyridine rings is 2. The number of fused-ring (bicyclic) bond motifs is 1. The topological polar surface area (TPSA) is 126 Å². The zero-order valence-electron chi connectivity index (χ0n) is 22.0. The molecule has 0 bridgehead atoms. The Kier molecular flexibility index (Phi) is 9.99. The highest BCUT2D eigenvalue weighted by Gasteiger charge is 2.24. The van der Waals surface area contributed by atoms with Crippen molar-refractivity contribution in [2.45, 2.75) is 26.0 Å². The average Bonchev–Trinajstić information content (AvgIpc) is 2.97. The molecule has 0 saturated carbocycles. The molecule has 0 radical (unpaired) electrons. The molecule has 2 heterocycles. The van der Waals surface area contributed by atoms with Crippen LogP contribution in [0.2, 0.25) is 0 Å². The molecule has 9 nitrogen and oxygen atoms in total. The molecule has 0 atom stereocenters. The molecule has 41 heavy (non-hydrogen) atoms. The fraction of sp³-hybridized carbons (Fsp3) is 0.233. The summed E-state index contributed by atoms with van der Waals surface area (Å²) in [5.41, 5.74) is 0.271. The molecule has 1 amide bonds. The highest BCUT2D eigenvalue weighted by molar-refractivity contribution is 6.06. The van der Waals surface area contributed by atoms with Gasteiger partial charge >= 0.3 is 0 Å². The normalized spacial score (nSPS) is 10.6. The number of benzene rings is 2. The minimum Gasteiger partial charge on any atom is -0.404 e. The van der Waals surface area contributed by atoms with E-state index in [-0.39, 0.29) is 55.4 Å². The molecular weight excluding hydrogens is 534 g/mol. The first-order chi connectivity index (χ1) is 19.9. The van der Waals surface area contributed by atoms with Crippen molar-refractivity contribution in [2.75, 3.05) is 25.1 Å². The summed E-state index contributed by atoms with van der Waals surface area (Å²) in [4.78, 5) is 37.4. The van der Waals surface area contributed by atoms with Crippen LogP contribution in [-0.2, 0) is 13.2 Å². The van der Waals surface area contributed by atoms with Crippen LogP contribution in [0.15, 0.2) is 65.6 Å². The SMILES string of the molecule is O=C(NCc1ccc(F)cc1F)c1c(NCCO)c2cc(C#CCCCO)cnc2n(OCc2ccccc2)c1=O. The summed E-state index contributed by atoms with van der Waals surface area (Å²) in [7, 11) is 0. The second kappa shape index (κ2) is 14.0. The van der Waals surface area contributed by atoms with Crippen molar-refractivity contribution in [3.05, 3.63) is 105 Å². The zero-order valence-corrected chi connectivity index (χ0v) is 22.0. The smallest absolute Gasteiger partial charge is 0.300 e. The number of anilines is 1. The molecule has 0 spiro atoms. The van der Waals surface area contributed by atoms with E-state index in [1.54, 1.807) is 6.07 Å². The predicted molar refractivity (Wildman–Crippen MR) is 149 cm³/mol. The number of hydrogen-bond donors (Lipinski definition) is 4. The van der Waals surface area contributed by atoms with E-state index in [2.05, 4.69) is 27.5 Å². The van der Waals surface area contributed by atoms with Gasteiger partial charge in [0.2, 0.25) is 0 Å². The Morgan fingerprint density at radius 2 is 1.88 bits per heavy atom. The third kappa shape index (κ3) is 7.25. The van der Waals surface area contributed by atoms with E-state index in [1.165, 1.54) is 12.3 Å². The second-order valence-electron chi connectivity index (χ2n) is 8.90. The molecule has 0 aliphatic carbocycles. The van der Waals surface area contributed by atoms with Crippen molar-refractivity contribution in [1.82, 2.24) is 15.0 Å². The number of aromatic nitrogens is 2. The van der Waals surface area contributed by atoms with Gasteiger partial charge in [-0.2, -0.15) is 0 Å². The minimum atomic E-state index is -0.849. The fourth-order valence-electron chi connectivity index (χ4n) is 3.98. The van der Waals surface area contributed by atoms with Gasteiger partial charge in [0.25, 0.3) is 11.5 Å². The van der Waals surface area contributed by atoms with Crippen molar-refractivity contribution in [1.29, 1.82) is 0 Å². The van der Waals surface area contributed by atoms with Gasteiger partial charge in [-0.05, 0) is 24.1 Å². The van der Waals surface area contributed by atoms with Crippen molar-refractivity contribution in [2.24, 2.45) is 0 Å². The third-order valence-corrected chi connectivity index (χ3v) is 5.97. The molecule has 2 aromatic carbocycles. The van der Waals surface area contributed by atoms with E-state index in [0.29, 0.717) is 29.9 Å². The minimum absolute atomic E-state index is 0.00268. The number of carbonyl (C=O) groups is 1. The number of unbranched alkanes of at least 4 members (excludes halogenated alkanes) is 1. The van der Waals surface area contributed by atoms with Gasteiger partial charge in [0.05, 0.1) is 12.3 Å². The van der Waals surface area contributed by atoms with Gasteiger partial charge in [0.15, 0.2) is 5.65 Å². The van der Waals surface area contributed by atoms with E-state index in [1.807, 2.05) is 30.3 Å². The maximum Gasteiger partial charge on any atom is 0.300 e. The van der Waals surface area contributed by atoms with Crippen LogP contribution in [0.1, 0.15) is 39.9 Å². The van der Waals surface area contributed by atoms with Crippen LogP contribution in [0.5, 0.6) is 0 Å². The Labute approximate surface area is 234 Å². The molecule has 2 aromatic heterocycles. The highest BCUT2D eigenvalue weighted by Crippen LogP contribution is 2.25. The largest absolute Gasteiger partial charge is 0.404 e. The number of carbonyl (C=O) groups excluding carboxylic acids is 1. The van der Waals surface area contributed by atoms with E-state index in [9.17, 15) is 23.5 Å². The van der Waals surface area contributed by atoms with Gasteiger partial charge in [-0.15, -0.1) is 4.73 Å². The van der Waals surface area contributed by atoms with Crippen molar-refractivity contribution < 1.29 is 28.6 Å². The summed E-state index contributed by atoms with van der Waals surface area (Å²) in [6.07, 6.45) is 2.42. The van der Waals surface area contributed by atoms with Crippen LogP contribution >= 0.6 is 0 Å². The Bertz CT molecular complexity index is 1650. The molecule has 11 heteroatoms. The molecule has 0 aliphatic heterocycles. The van der Waals surface area contributed by atoms with Crippen molar-refractivity contribution >= 4 is 22.6 Å². The van der Waals surface area contributed by atoms with Crippen molar-refractivity contribution in [3.8, 4) is 11.8 Å². The lowest BCUT2D eigenvalue weighted by molar-refractivity contribution is 0.0898. The maximum atomic E-state index is 14.2. The first-order valence-corrected chi connectivity index (χ1v) is 12.9. The molecule has 4 rings (SSSR count). The number of nitrogens with zero attached hydrogens (tertiary/aromatic N) is 2. The van der Waals surface area contributed by atoms with Gasteiger partial charge in [-0.3, -0.25) is 9.59 Å². The van der Waals surface area contributed by atoms with E-state index >= 15 is 0 Å². The second-order valence-corrected chi connectivity index (χ2v) is 8.90. The van der Waals surface area contributed by atoms with E-state index < -0.39 is 23.1 Å². The van der Waals surface area contributed by atoms with Gasteiger partial charge in [0.1, 0.15) is 23.8 Å². The first-order valence-electron chi connectivity index (χ1n) is 12.9. The van der Waals surface area contributed by atoms with Crippen LogP contribution in [0, 0.1) is 23.5 Å². The predicted octanol–water partition coefficient (Wildman–Crippen LogP) is 2.76. The Morgan fingerprint density at radius 3 is 2.61 bits per heavy atom. The summed E-state index contributed by atoms with van der Waals surface area (Å²) in [6.45, 7) is -0.619. The molecule has 0 aliphatic rings. The molecule has 4 N–H and O–H groups in total. The van der Waals surface area contributed by atoms with E-state index in [0.717, 1.165) is 16.4 Å². The van der Waals surface area contributed by atoms with Crippen LogP contribution in [0.25, 0.3) is 11.0 Å². The van der Waals surface area contributed by atoms with E-state index in [4.69, 9.17) is 9.94 Å².